The van der Waals surface area contributed by atoms with Gasteiger partial charge in [0.2, 0.25) is 0 Å². The van der Waals surface area contributed by atoms with Crippen molar-refractivity contribution < 1.29 is 4.79 Å². The number of ketones is 1. The molecular weight excluding hydrogens is 368 g/mol. The minimum atomic E-state index is -0.0950. The van der Waals surface area contributed by atoms with E-state index in [9.17, 15) is 4.79 Å². The summed E-state index contributed by atoms with van der Waals surface area (Å²) >= 11 is 3.94. The molecule has 0 unspecified atom stereocenters. The van der Waals surface area contributed by atoms with E-state index in [1.165, 1.54) is 20.9 Å². The van der Waals surface area contributed by atoms with Crippen LogP contribution in [0.25, 0.3) is 0 Å². The van der Waals surface area contributed by atoms with Gasteiger partial charge >= 0.3 is 0 Å². The minimum Gasteiger partial charge on any atom is -0.299 e. The zero-order chi connectivity index (χ0) is 18.9. The smallest absolute Gasteiger partial charge is 0.136 e. The highest BCUT2D eigenvalue weighted by molar-refractivity contribution is 8.18. The summed E-state index contributed by atoms with van der Waals surface area (Å²) in [5.41, 5.74) is 2.86. The second kappa shape index (κ2) is 7.89. The van der Waals surface area contributed by atoms with Gasteiger partial charge in [-0.3, -0.25) is 4.79 Å². The summed E-state index contributed by atoms with van der Waals surface area (Å²) in [7, 11) is 0. The molecule has 2 aliphatic carbocycles. The molecule has 0 N–H and O–H groups in total. The summed E-state index contributed by atoms with van der Waals surface area (Å²) in [6.45, 7) is 4.45. The highest BCUT2D eigenvalue weighted by atomic mass is 32.2. The number of carbonyl (C=O) groups is 1. The van der Waals surface area contributed by atoms with Crippen molar-refractivity contribution in [3.63, 3.8) is 0 Å². The number of rotatable bonds is 4. The summed E-state index contributed by atoms with van der Waals surface area (Å²) < 4.78 is -0.0950. The van der Waals surface area contributed by atoms with Crippen LogP contribution in [0, 0.1) is 11.8 Å². The molecular formula is C24H26OS2. The number of Topliss-reactive ketones (excluding diaryl/α,β-unsaturated/α-hetero) is 1. The van der Waals surface area contributed by atoms with Gasteiger partial charge in [-0.25, -0.2) is 0 Å². The van der Waals surface area contributed by atoms with E-state index in [2.05, 4.69) is 74.5 Å². The van der Waals surface area contributed by atoms with E-state index in [4.69, 9.17) is 0 Å². The molecule has 0 aliphatic heterocycles. The number of carbonyl (C=O) groups excluding carboxylic acids is 1. The van der Waals surface area contributed by atoms with Crippen molar-refractivity contribution in [1.82, 2.24) is 0 Å². The third kappa shape index (κ3) is 3.64. The molecule has 2 saturated carbocycles. The number of hydrogen-bond acceptors (Lipinski definition) is 3. The van der Waals surface area contributed by atoms with Gasteiger partial charge < -0.3 is 0 Å². The molecule has 1 nitrogen and oxygen atoms in total. The van der Waals surface area contributed by atoms with Gasteiger partial charge in [0.05, 0.1) is 4.08 Å². The lowest BCUT2D eigenvalue weighted by atomic mass is 9.80. The van der Waals surface area contributed by atoms with Crippen molar-refractivity contribution >= 4 is 29.3 Å². The summed E-state index contributed by atoms with van der Waals surface area (Å²) in [4.78, 5) is 15.4. The van der Waals surface area contributed by atoms with Crippen LogP contribution in [-0.2, 0) is 4.79 Å². The first kappa shape index (κ1) is 18.9. The van der Waals surface area contributed by atoms with Crippen LogP contribution in [0.2, 0.25) is 0 Å². The maximum absolute atomic E-state index is 12.8. The zero-order valence-corrected chi connectivity index (χ0v) is 17.6. The van der Waals surface area contributed by atoms with Crippen LogP contribution in [0.5, 0.6) is 0 Å². The molecule has 0 bridgehead atoms. The van der Waals surface area contributed by atoms with Gasteiger partial charge in [-0.2, -0.15) is 0 Å². The van der Waals surface area contributed by atoms with E-state index in [1.807, 2.05) is 23.5 Å². The Morgan fingerprint density at radius 3 is 2.00 bits per heavy atom. The van der Waals surface area contributed by atoms with Crippen molar-refractivity contribution in [1.29, 1.82) is 0 Å². The molecule has 140 valence electrons. The Morgan fingerprint density at radius 1 is 0.926 bits per heavy atom. The van der Waals surface area contributed by atoms with Gasteiger partial charge in [0.25, 0.3) is 0 Å². The standard InChI is InChI=1S/C24H26OS2/c1-17(2)22-16-20-21(14-9-15-23(20)25)24(22,26-18-10-5-3-6-11-18)27-19-12-7-4-8-13-19/h3-8,10-13,20-21H,9,14-16H2,1-2H3/t20-,21+/m1/s1. The summed E-state index contributed by atoms with van der Waals surface area (Å²) in [5, 5.41) is 0. The fourth-order valence-electron chi connectivity index (χ4n) is 4.58. The van der Waals surface area contributed by atoms with Gasteiger partial charge in [0.15, 0.2) is 0 Å². The second-order valence-corrected chi connectivity index (χ2v) is 10.6. The fraction of sp³-hybridized carbons (Fsp3) is 0.375. The molecule has 3 heteroatoms. The third-order valence-electron chi connectivity index (χ3n) is 5.80. The molecule has 4 rings (SSSR count). The number of fused-ring (bicyclic) bond motifs is 1. The van der Waals surface area contributed by atoms with Gasteiger partial charge in [-0.1, -0.05) is 42.0 Å². The quantitative estimate of drug-likeness (QED) is 0.411. The molecule has 27 heavy (non-hydrogen) atoms. The van der Waals surface area contributed by atoms with Gasteiger partial charge in [0.1, 0.15) is 5.78 Å². The van der Waals surface area contributed by atoms with Crippen LogP contribution in [0.3, 0.4) is 0 Å². The number of thioether (sulfide) groups is 2. The molecule has 2 atom stereocenters. The Hall–Kier alpha value is -1.45. The average molecular weight is 395 g/mol. The number of hydrogen-bond donors (Lipinski definition) is 0. The zero-order valence-electron chi connectivity index (χ0n) is 16.0. The Labute approximate surface area is 171 Å². The van der Waals surface area contributed by atoms with Crippen LogP contribution in [0.1, 0.15) is 39.5 Å². The van der Waals surface area contributed by atoms with E-state index in [1.54, 1.807) is 0 Å². The van der Waals surface area contributed by atoms with Crippen LogP contribution in [0.4, 0.5) is 0 Å². The van der Waals surface area contributed by atoms with Crippen LogP contribution < -0.4 is 0 Å². The van der Waals surface area contributed by atoms with Crippen molar-refractivity contribution in [2.75, 3.05) is 0 Å². The van der Waals surface area contributed by atoms with Gasteiger partial charge in [-0.05, 0) is 68.9 Å². The molecule has 2 aromatic rings. The predicted octanol–water partition coefficient (Wildman–Crippen LogP) is 6.99. The first-order valence-corrected chi connectivity index (χ1v) is 11.4. The summed E-state index contributed by atoms with van der Waals surface area (Å²) in [6.07, 6.45) is 3.88. The van der Waals surface area contributed by atoms with Crippen LogP contribution in [-0.4, -0.2) is 9.86 Å². The predicted molar refractivity (Wildman–Crippen MR) is 116 cm³/mol. The average Bonchev–Trinajstić information content (AvgIpc) is 2.99. The van der Waals surface area contributed by atoms with Crippen molar-refractivity contribution in [3.05, 3.63) is 71.8 Å². The van der Waals surface area contributed by atoms with Gasteiger partial charge in [0, 0.05) is 22.1 Å². The molecule has 0 radical (unpaired) electrons. The van der Waals surface area contributed by atoms with Crippen LogP contribution in [0.15, 0.2) is 81.6 Å². The fourth-order valence-corrected chi connectivity index (χ4v) is 8.30. The highest BCUT2D eigenvalue weighted by Crippen LogP contribution is 2.65. The molecule has 2 aliphatic rings. The van der Waals surface area contributed by atoms with Crippen LogP contribution >= 0.6 is 23.5 Å². The number of allylic oxidation sites excluding steroid dienone is 1. The minimum absolute atomic E-state index is 0.0950. The van der Waals surface area contributed by atoms with E-state index < -0.39 is 0 Å². The molecule has 2 aromatic carbocycles. The summed E-state index contributed by atoms with van der Waals surface area (Å²) in [6, 6.07) is 21.4. The van der Waals surface area contributed by atoms with Crippen molar-refractivity contribution in [2.45, 2.75) is 53.4 Å². The lowest BCUT2D eigenvalue weighted by Gasteiger charge is -2.39. The number of benzene rings is 2. The summed E-state index contributed by atoms with van der Waals surface area (Å²) in [5.74, 6) is 1.07. The Bertz CT molecular complexity index is 796. The lowest BCUT2D eigenvalue weighted by molar-refractivity contribution is -0.125. The Morgan fingerprint density at radius 2 is 1.48 bits per heavy atom. The van der Waals surface area contributed by atoms with Crippen molar-refractivity contribution in [3.8, 4) is 0 Å². The first-order chi connectivity index (χ1) is 13.1. The van der Waals surface area contributed by atoms with E-state index in [-0.39, 0.29) is 10.00 Å². The molecule has 0 heterocycles. The normalized spacial score (nSPS) is 23.9. The van der Waals surface area contributed by atoms with E-state index in [0.29, 0.717) is 11.7 Å². The third-order valence-corrected chi connectivity index (χ3v) is 9.02. The molecule has 0 spiro atoms. The Balaban J connectivity index is 1.84. The van der Waals surface area contributed by atoms with Crippen molar-refractivity contribution in [2.24, 2.45) is 11.8 Å². The first-order valence-electron chi connectivity index (χ1n) is 9.78. The molecule has 2 fully saturated rings. The SMILES string of the molecule is CC(C)=C1C[C@H]2C(=O)CCC[C@@H]2C1(Sc1ccccc1)Sc1ccccc1. The van der Waals surface area contributed by atoms with E-state index >= 15 is 0 Å². The maximum Gasteiger partial charge on any atom is 0.136 e. The second-order valence-electron chi connectivity index (χ2n) is 7.75. The van der Waals surface area contributed by atoms with E-state index in [0.717, 1.165) is 25.7 Å². The monoisotopic (exact) mass is 394 g/mol. The molecule has 0 saturated heterocycles. The topological polar surface area (TPSA) is 17.1 Å². The van der Waals surface area contributed by atoms with Gasteiger partial charge in [-0.15, -0.1) is 23.5 Å². The largest absolute Gasteiger partial charge is 0.299 e. The molecule has 0 amide bonds. The highest BCUT2D eigenvalue weighted by Gasteiger charge is 2.56. The lowest BCUT2D eigenvalue weighted by Crippen LogP contribution is -2.35. The molecule has 0 aromatic heterocycles. The Kier molecular flexibility index (Phi) is 5.52. The maximum atomic E-state index is 12.8.